The lowest BCUT2D eigenvalue weighted by Crippen LogP contribution is -2.38. The summed E-state index contributed by atoms with van der Waals surface area (Å²) in [6.45, 7) is 12.0. The summed E-state index contributed by atoms with van der Waals surface area (Å²) in [5.41, 5.74) is 2.18. The number of nitrogens with one attached hydrogen (secondary N) is 2. The van der Waals surface area contributed by atoms with Gasteiger partial charge in [0.25, 0.3) is 0 Å². The number of aliphatic imine (C=N–C) groups is 1. The molecule has 0 saturated carbocycles. The van der Waals surface area contributed by atoms with Crippen molar-refractivity contribution in [3.05, 3.63) is 39.3 Å². The van der Waals surface area contributed by atoms with Gasteiger partial charge in [0, 0.05) is 11.9 Å². The Morgan fingerprint density at radius 3 is 2.48 bits per heavy atom. The monoisotopic (exact) mass is 390 g/mol. The number of hydrogen-bond acceptors (Lipinski definition) is 5. The molecule has 1 aromatic heterocycles. The maximum absolute atomic E-state index is 5.73. The van der Waals surface area contributed by atoms with E-state index in [1.807, 2.05) is 39.8 Å². The molecule has 1 heterocycles. The molecule has 1 atom stereocenters. The Hall–Kier alpha value is -2.28. The quantitative estimate of drug-likeness (QED) is 0.527. The predicted octanol–water partition coefficient (Wildman–Crippen LogP) is 3.98. The highest BCUT2D eigenvalue weighted by molar-refractivity contribution is 7.11. The van der Waals surface area contributed by atoms with Gasteiger partial charge in [-0.1, -0.05) is 6.07 Å². The highest BCUT2D eigenvalue weighted by atomic mass is 32.1. The third kappa shape index (κ3) is 5.85. The smallest absolute Gasteiger partial charge is 0.191 e. The molecular weight excluding hydrogens is 360 g/mol. The number of hydrogen-bond donors (Lipinski definition) is 2. The van der Waals surface area contributed by atoms with Crippen molar-refractivity contribution in [2.45, 2.75) is 47.2 Å². The molecule has 148 valence electrons. The summed E-state index contributed by atoms with van der Waals surface area (Å²) in [6, 6.07) is 6.10. The minimum atomic E-state index is 0.0652. The molecule has 0 aliphatic rings. The highest BCUT2D eigenvalue weighted by Gasteiger charge is 2.13. The van der Waals surface area contributed by atoms with Crippen LogP contribution < -0.4 is 20.1 Å². The molecule has 0 radical (unpaired) electrons. The maximum atomic E-state index is 5.73. The van der Waals surface area contributed by atoms with Crippen LogP contribution in [-0.2, 0) is 6.54 Å². The molecule has 0 spiro atoms. The standard InChI is InChI=1S/C20H30N4O2S/c1-7-25-17-10-9-16(11-18(17)26-8-2)13(3)24-20(21-6)22-12-19-14(4)23-15(5)27-19/h9-11,13H,7-8,12H2,1-6H3,(H2,21,22,24). The van der Waals surface area contributed by atoms with Gasteiger partial charge < -0.3 is 20.1 Å². The number of nitrogens with zero attached hydrogens (tertiary/aromatic N) is 2. The highest BCUT2D eigenvalue weighted by Crippen LogP contribution is 2.30. The summed E-state index contributed by atoms with van der Waals surface area (Å²) in [5, 5.41) is 7.87. The molecule has 0 fully saturated rings. The SMILES string of the molecule is CCOc1ccc(C(C)NC(=NC)NCc2sc(C)nc2C)cc1OCC. The number of ether oxygens (including phenoxy) is 2. The molecule has 0 aliphatic carbocycles. The summed E-state index contributed by atoms with van der Waals surface area (Å²) in [5.74, 6) is 2.29. The van der Waals surface area contributed by atoms with Crippen molar-refractivity contribution < 1.29 is 9.47 Å². The molecule has 27 heavy (non-hydrogen) atoms. The van der Waals surface area contributed by atoms with Crippen LogP contribution in [0.5, 0.6) is 11.5 Å². The van der Waals surface area contributed by atoms with Crippen molar-refractivity contribution in [3.63, 3.8) is 0 Å². The number of thiazole rings is 1. The first-order valence-electron chi connectivity index (χ1n) is 9.28. The third-order valence-electron chi connectivity index (χ3n) is 4.06. The Morgan fingerprint density at radius 1 is 1.19 bits per heavy atom. The lowest BCUT2D eigenvalue weighted by molar-refractivity contribution is 0.287. The largest absolute Gasteiger partial charge is 0.490 e. The number of aryl methyl sites for hydroxylation is 2. The number of guanidine groups is 1. The zero-order valence-corrected chi connectivity index (χ0v) is 17.9. The molecular formula is C20H30N4O2S. The van der Waals surface area contributed by atoms with Gasteiger partial charge in [0.05, 0.1) is 36.5 Å². The molecule has 2 N–H and O–H groups in total. The Balaban J connectivity index is 2.04. The molecule has 0 aliphatic heterocycles. The molecule has 0 amide bonds. The van der Waals surface area contributed by atoms with Crippen LogP contribution in [-0.4, -0.2) is 31.2 Å². The summed E-state index contributed by atoms with van der Waals surface area (Å²) in [7, 11) is 1.77. The van der Waals surface area contributed by atoms with E-state index in [9.17, 15) is 0 Å². The number of benzene rings is 1. The second-order valence-electron chi connectivity index (χ2n) is 6.11. The number of aromatic nitrogens is 1. The minimum Gasteiger partial charge on any atom is -0.490 e. The van der Waals surface area contributed by atoms with Crippen LogP contribution in [0.15, 0.2) is 23.2 Å². The van der Waals surface area contributed by atoms with E-state index in [1.54, 1.807) is 18.4 Å². The van der Waals surface area contributed by atoms with Gasteiger partial charge in [-0.05, 0) is 52.3 Å². The fourth-order valence-electron chi connectivity index (χ4n) is 2.72. The van der Waals surface area contributed by atoms with Gasteiger partial charge in [-0.2, -0.15) is 0 Å². The minimum absolute atomic E-state index is 0.0652. The van der Waals surface area contributed by atoms with E-state index < -0.39 is 0 Å². The Morgan fingerprint density at radius 2 is 1.89 bits per heavy atom. The zero-order chi connectivity index (χ0) is 19.8. The maximum Gasteiger partial charge on any atom is 0.191 e. The summed E-state index contributed by atoms with van der Waals surface area (Å²) in [4.78, 5) is 10.0. The lowest BCUT2D eigenvalue weighted by atomic mass is 10.1. The van der Waals surface area contributed by atoms with Crippen molar-refractivity contribution in [2.24, 2.45) is 4.99 Å². The van der Waals surface area contributed by atoms with E-state index in [1.165, 1.54) is 4.88 Å². The van der Waals surface area contributed by atoms with Crippen LogP contribution in [0.4, 0.5) is 0 Å². The molecule has 7 heteroatoms. The molecule has 2 aromatic rings. The van der Waals surface area contributed by atoms with E-state index in [2.05, 4.69) is 33.6 Å². The van der Waals surface area contributed by atoms with Crippen LogP contribution in [0, 0.1) is 13.8 Å². The van der Waals surface area contributed by atoms with Crippen LogP contribution in [0.1, 0.15) is 48.0 Å². The lowest BCUT2D eigenvalue weighted by Gasteiger charge is -2.20. The first kappa shape index (κ1) is 21.0. The topological polar surface area (TPSA) is 67.8 Å². The van der Waals surface area contributed by atoms with Crippen molar-refractivity contribution in [2.75, 3.05) is 20.3 Å². The Bertz CT molecular complexity index is 773. The van der Waals surface area contributed by atoms with E-state index >= 15 is 0 Å². The number of rotatable bonds is 8. The van der Waals surface area contributed by atoms with Crippen molar-refractivity contribution >= 4 is 17.3 Å². The van der Waals surface area contributed by atoms with Crippen LogP contribution in [0.2, 0.25) is 0 Å². The van der Waals surface area contributed by atoms with Crippen LogP contribution >= 0.6 is 11.3 Å². The van der Waals surface area contributed by atoms with Gasteiger partial charge in [-0.15, -0.1) is 11.3 Å². The van der Waals surface area contributed by atoms with Crippen molar-refractivity contribution in [1.82, 2.24) is 15.6 Å². The van der Waals surface area contributed by atoms with Crippen molar-refractivity contribution in [3.8, 4) is 11.5 Å². The third-order valence-corrected chi connectivity index (χ3v) is 5.13. The van der Waals surface area contributed by atoms with Gasteiger partial charge in [0.1, 0.15) is 0 Å². The average molecular weight is 391 g/mol. The summed E-state index contributed by atoms with van der Waals surface area (Å²) >= 11 is 1.71. The molecule has 1 unspecified atom stereocenters. The van der Waals surface area contributed by atoms with Gasteiger partial charge in [0.2, 0.25) is 0 Å². The summed E-state index contributed by atoms with van der Waals surface area (Å²) < 4.78 is 11.4. The van der Waals surface area contributed by atoms with Crippen LogP contribution in [0.25, 0.3) is 0 Å². The van der Waals surface area contributed by atoms with E-state index in [-0.39, 0.29) is 6.04 Å². The van der Waals surface area contributed by atoms with E-state index in [4.69, 9.17) is 9.47 Å². The molecule has 1 aromatic carbocycles. The fourth-order valence-corrected chi connectivity index (χ4v) is 3.60. The van der Waals surface area contributed by atoms with Gasteiger partial charge >= 0.3 is 0 Å². The summed E-state index contributed by atoms with van der Waals surface area (Å²) in [6.07, 6.45) is 0. The van der Waals surface area contributed by atoms with Gasteiger partial charge in [-0.25, -0.2) is 4.98 Å². The molecule has 2 rings (SSSR count). The molecule has 0 bridgehead atoms. The first-order valence-corrected chi connectivity index (χ1v) is 10.1. The zero-order valence-electron chi connectivity index (χ0n) is 17.0. The normalized spacial score (nSPS) is 12.6. The molecule has 6 nitrogen and oxygen atoms in total. The van der Waals surface area contributed by atoms with Crippen molar-refractivity contribution in [1.29, 1.82) is 0 Å². The van der Waals surface area contributed by atoms with Gasteiger partial charge in [-0.3, -0.25) is 4.99 Å². The second kappa shape index (κ2) is 10.2. The fraction of sp³-hybridized carbons (Fsp3) is 0.500. The Labute approximate surface area is 166 Å². The average Bonchev–Trinajstić information content (AvgIpc) is 2.97. The van der Waals surface area contributed by atoms with E-state index in [0.717, 1.165) is 33.7 Å². The second-order valence-corrected chi connectivity index (χ2v) is 7.39. The van der Waals surface area contributed by atoms with E-state index in [0.29, 0.717) is 19.8 Å². The predicted molar refractivity (Wildman–Crippen MR) is 112 cm³/mol. The van der Waals surface area contributed by atoms with Gasteiger partial charge in [0.15, 0.2) is 17.5 Å². The first-order chi connectivity index (χ1) is 13.0. The molecule has 0 saturated heterocycles. The Kier molecular flexibility index (Phi) is 7.91. The van der Waals surface area contributed by atoms with Crippen LogP contribution in [0.3, 0.4) is 0 Å².